The van der Waals surface area contributed by atoms with Crippen molar-refractivity contribution < 1.29 is 5.48 Å². The van der Waals surface area contributed by atoms with E-state index in [4.69, 9.17) is 5.48 Å². The van der Waals surface area contributed by atoms with Gasteiger partial charge in [-0.1, -0.05) is 206 Å². The van der Waals surface area contributed by atoms with Crippen LogP contribution >= 0.6 is 0 Å². The summed E-state index contributed by atoms with van der Waals surface area (Å²) in [4.78, 5) is 0. The van der Waals surface area contributed by atoms with Crippen LogP contribution in [0.5, 0.6) is 0 Å². The van der Waals surface area contributed by atoms with Crippen molar-refractivity contribution in [3.8, 4) is 94.7 Å². The normalized spacial score (nSPS) is 12.1. The molecule has 0 unspecified atom stereocenters. The van der Waals surface area contributed by atoms with Crippen LogP contribution in [0.1, 0.15) is 5.48 Å². The average molecular weight is 856 g/mol. The number of para-hydroxylation sites is 1. The second-order valence-corrected chi connectivity index (χ2v) is 16.9. The smallest absolute Gasteiger partial charge is 0.0629 e. The summed E-state index contributed by atoms with van der Waals surface area (Å²) in [5, 5.41) is 2.15. The molecule has 0 saturated heterocycles. The third-order valence-corrected chi connectivity index (χ3v) is 12.8. The monoisotopic (exact) mass is 855 g/mol. The highest BCUT2D eigenvalue weighted by molar-refractivity contribution is 6.12. The Hall–Kier alpha value is -8.78. The van der Waals surface area contributed by atoms with Gasteiger partial charge in [-0.2, -0.15) is 0 Å². The summed E-state index contributed by atoms with van der Waals surface area (Å²) in [6.45, 7) is 0. The molecule has 1 heteroatoms. The number of aromatic nitrogens is 1. The number of hydrogen-bond acceptors (Lipinski definition) is 0. The first-order valence-electron chi connectivity index (χ1n) is 24.7. The third-order valence-electron chi connectivity index (χ3n) is 12.8. The fraction of sp³-hybridized carbons (Fsp3) is 0. The fourth-order valence-corrected chi connectivity index (χ4v) is 9.63. The Morgan fingerprint density at radius 2 is 0.552 bits per heavy atom. The van der Waals surface area contributed by atoms with Crippen LogP contribution in [0.4, 0.5) is 0 Å². The van der Waals surface area contributed by atoms with Gasteiger partial charge in [-0.3, -0.25) is 0 Å². The quantitative estimate of drug-likeness (QED) is 0.136. The van der Waals surface area contributed by atoms with Crippen molar-refractivity contribution in [3.63, 3.8) is 0 Å². The lowest BCUT2D eigenvalue weighted by atomic mass is 9.92. The average Bonchev–Trinajstić information content (AvgIpc) is 3.74. The molecule has 0 radical (unpaired) electrons. The molecule has 0 aliphatic heterocycles. The Balaban J connectivity index is 1.12. The lowest BCUT2D eigenvalue weighted by molar-refractivity contribution is 1.18. The van der Waals surface area contributed by atoms with Gasteiger partial charge >= 0.3 is 0 Å². The molecule has 0 spiro atoms. The van der Waals surface area contributed by atoms with Gasteiger partial charge in [0.2, 0.25) is 0 Å². The maximum Gasteiger partial charge on any atom is 0.0629 e. The Morgan fingerprint density at radius 1 is 0.224 bits per heavy atom. The molecule has 12 aromatic rings. The van der Waals surface area contributed by atoms with E-state index in [0.717, 1.165) is 117 Å². The largest absolute Gasteiger partial charge is 0.309 e. The molecule has 0 fully saturated rings. The second kappa shape index (κ2) is 17.3. The van der Waals surface area contributed by atoms with E-state index in [1.54, 1.807) is 0 Å². The van der Waals surface area contributed by atoms with Gasteiger partial charge in [0.25, 0.3) is 0 Å². The number of nitrogens with zero attached hydrogens (tertiary/aromatic N) is 1. The lowest BCUT2D eigenvalue weighted by Crippen LogP contribution is -1.98. The molecular formula is C66H45N. The molecule has 314 valence electrons. The van der Waals surface area contributed by atoms with Crippen LogP contribution in [0.3, 0.4) is 0 Å². The van der Waals surface area contributed by atoms with Crippen LogP contribution < -0.4 is 0 Å². The predicted molar refractivity (Wildman–Crippen MR) is 284 cm³/mol. The van der Waals surface area contributed by atoms with E-state index in [1.807, 2.05) is 97.1 Å². The van der Waals surface area contributed by atoms with E-state index in [-0.39, 0.29) is 0 Å². The van der Waals surface area contributed by atoms with Crippen molar-refractivity contribution in [3.05, 3.63) is 273 Å². The highest BCUT2D eigenvalue weighted by atomic mass is 15.0. The molecule has 12 rings (SSSR count). The molecule has 0 amide bonds. The molecule has 1 heterocycles. The van der Waals surface area contributed by atoms with Crippen molar-refractivity contribution in [2.24, 2.45) is 0 Å². The van der Waals surface area contributed by atoms with Crippen LogP contribution in [0.15, 0.2) is 273 Å². The van der Waals surface area contributed by atoms with Gasteiger partial charge in [0.15, 0.2) is 0 Å². The van der Waals surface area contributed by atoms with E-state index in [0.29, 0.717) is 24.2 Å². The molecule has 0 bridgehead atoms. The molecule has 0 atom stereocenters. The van der Waals surface area contributed by atoms with E-state index < -0.39 is 0 Å². The van der Waals surface area contributed by atoms with Crippen LogP contribution in [-0.4, -0.2) is 4.57 Å². The van der Waals surface area contributed by atoms with Gasteiger partial charge in [-0.25, -0.2) is 0 Å². The number of benzene rings is 11. The van der Waals surface area contributed by atoms with Gasteiger partial charge in [0.05, 0.1) is 22.2 Å². The van der Waals surface area contributed by atoms with Crippen molar-refractivity contribution in [2.45, 2.75) is 0 Å². The van der Waals surface area contributed by atoms with E-state index in [2.05, 4.69) is 156 Å². The summed E-state index contributed by atoms with van der Waals surface area (Å²) < 4.78 is 38.0. The minimum absolute atomic E-state index is 0.443. The molecule has 67 heavy (non-hydrogen) atoms. The molecular weight excluding hydrogens is 807 g/mol. The fourth-order valence-electron chi connectivity index (χ4n) is 9.63. The van der Waals surface area contributed by atoms with Gasteiger partial charge < -0.3 is 4.57 Å². The molecule has 0 N–H and O–H groups in total. The molecule has 1 nitrogen and oxygen atoms in total. The van der Waals surface area contributed by atoms with Crippen LogP contribution in [0, 0.1) is 0 Å². The Morgan fingerprint density at radius 3 is 0.970 bits per heavy atom. The van der Waals surface area contributed by atoms with Crippen molar-refractivity contribution in [1.82, 2.24) is 4.57 Å². The highest BCUT2D eigenvalue weighted by Crippen LogP contribution is 2.43. The third kappa shape index (κ3) is 7.63. The summed E-state index contributed by atoms with van der Waals surface area (Å²) in [7, 11) is 0. The summed E-state index contributed by atoms with van der Waals surface area (Å²) in [5.74, 6) is 0. The van der Waals surface area contributed by atoms with Crippen LogP contribution in [0.25, 0.3) is 117 Å². The van der Waals surface area contributed by atoms with Gasteiger partial charge in [-0.05, 0) is 150 Å². The summed E-state index contributed by atoms with van der Waals surface area (Å²) >= 11 is 0. The molecule has 0 aliphatic rings. The summed E-state index contributed by atoms with van der Waals surface area (Å²) in [6.07, 6.45) is 0. The predicted octanol–water partition coefficient (Wildman–Crippen LogP) is 18.1. The Bertz CT molecular complexity index is 3680. The number of fused-ring (bicyclic) bond motifs is 3. The van der Waals surface area contributed by atoms with Crippen LogP contribution in [0.2, 0.25) is 0 Å². The topological polar surface area (TPSA) is 4.93 Å². The van der Waals surface area contributed by atoms with Gasteiger partial charge in [-0.15, -0.1) is 0 Å². The molecule has 0 aliphatic carbocycles. The first-order valence-corrected chi connectivity index (χ1v) is 22.7. The van der Waals surface area contributed by atoms with Crippen molar-refractivity contribution >= 4 is 21.8 Å². The van der Waals surface area contributed by atoms with Crippen LogP contribution in [-0.2, 0) is 0 Å². The molecule has 0 saturated carbocycles. The maximum atomic E-state index is 8.90. The minimum atomic E-state index is 0.443. The summed E-state index contributed by atoms with van der Waals surface area (Å²) in [5.41, 5.74) is 18.7. The minimum Gasteiger partial charge on any atom is -0.309 e. The van der Waals surface area contributed by atoms with Crippen molar-refractivity contribution in [2.75, 3.05) is 0 Å². The SMILES string of the molecule is [2H]c1ccccc1-c1cc(-c2ccc3c(c2)c2cc(-c4cc(-c5ccccc5[2H])cc(-c5ccccc5[2H])c4)ccc2n3-c2ccccc2-c2ccccc2-c2ccccc2)cc(-c2ccccc2[2H])c1. The second-order valence-electron chi connectivity index (χ2n) is 16.9. The molecule has 1 aromatic heterocycles. The van der Waals surface area contributed by atoms with Crippen molar-refractivity contribution in [1.29, 1.82) is 0 Å². The maximum absolute atomic E-state index is 8.90. The van der Waals surface area contributed by atoms with Gasteiger partial charge in [0, 0.05) is 16.3 Å². The first-order chi connectivity index (χ1) is 34.9. The lowest BCUT2D eigenvalue weighted by Gasteiger charge is -2.17. The zero-order valence-electron chi connectivity index (χ0n) is 40.6. The highest BCUT2D eigenvalue weighted by Gasteiger charge is 2.20. The van der Waals surface area contributed by atoms with E-state index in [1.165, 1.54) is 0 Å². The number of hydrogen-bond donors (Lipinski definition) is 0. The Labute approximate surface area is 397 Å². The van der Waals surface area contributed by atoms with Gasteiger partial charge in [0.1, 0.15) is 0 Å². The first kappa shape index (κ1) is 35.6. The number of rotatable bonds is 9. The summed E-state index contributed by atoms with van der Waals surface area (Å²) in [6, 6.07) is 86.8. The zero-order valence-corrected chi connectivity index (χ0v) is 36.6. The van der Waals surface area contributed by atoms with E-state index >= 15 is 0 Å². The zero-order chi connectivity index (χ0) is 48.0. The Kier molecular flexibility index (Phi) is 9.19. The standard InChI is InChI=1S/C66H45N/c1-6-20-46(21-7-1)53-38-54(47-22-8-2-9-23-47)41-57(40-53)51-34-36-65-62(44-51)63-45-52(58-42-55(48-24-10-3-11-25-48)39-56(43-58)49-26-12-4-13-27-49)35-37-66(63)67(65)64-33-19-18-32-61(64)60-31-17-16-30-59(60)50-28-14-5-15-29-50/h1-45H/i20D,22D,24D,26D. The van der Waals surface area contributed by atoms with E-state index in [9.17, 15) is 0 Å². The molecule has 11 aromatic carbocycles.